The van der Waals surface area contributed by atoms with Gasteiger partial charge in [0.2, 0.25) is 0 Å². The fourth-order valence-corrected chi connectivity index (χ4v) is 7.84. The zero-order valence-electron chi connectivity index (χ0n) is 26.3. The summed E-state index contributed by atoms with van der Waals surface area (Å²) in [5.74, 6) is 0.693. The van der Waals surface area contributed by atoms with Crippen LogP contribution >= 0.6 is 27.3 Å². The van der Waals surface area contributed by atoms with E-state index in [4.69, 9.17) is 18.6 Å². The van der Waals surface area contributed by atoms with Gasteiger partial charge in [0.25, 0.3) is 5.56 Å². The number of para-hydroxylation sites is 1. The minimum absolute atomic E-state index is 0.00350. The number of thiophene rings is 1. The first-order valence-electron chi connectivity index (χ1n) is 14.5. The summed E-state index contributed by atoms with van der Waals surface area (Å²) in [6.45, 7) is 18.4. The molecule has 0 saturated carbocycles. The number of methoxy groups -OCH3 is 1. The van der Waals surface area contributed by atoms with Crippen molar-refractivity contribution in [2.75, 3.05) is 26.9 Å². The standard InChI is InChI=1S/C31H45BrN2O6SSi/c1-20-25-27(35)34(31(5,6)19-39-42(8,9)30(2,3)4)29(36)33(28(25)41-26(20)32)18-24(40-21-14-16-38-17-15-21)22-12-10-11-13-23(22)37-7/h10-13,21,24H,14-19H2,1-9H3/t24-/m0/s1. The van der Waals surface area contributed by atoms with Gasteiger partial charge in [-0.15, -0.1) is 11.3 Å². The number of hydrogen-bond acceptors (Lipinski definition) is 7. The summed E-state index contributed by atoms with van der Waals surface area (Å²) in [6.07, 6.45) is 1.05. The van der Waals surface area contributed by atoms with Crippen molar-refractivity contribution in [1.29, 1.82) is 0 Å². The first-order chi connectivity index (χ1) is 19.6. The van der Waals surface area contributed by atoms with Gasteiger partial charge in [-0.05, 0) is 79.3 Å². The molecule has 3 heterocycles. The van der Waals surface area contributed by atoms with E-state index in [1.165, 1.54) is 15.9 Å². The molecular formula is C31H45BrN2O6SSi. The maximum atomic E-state index is 14.5. The smallest absolute Gasteiger partial charge is 0.332 e. The highest BCUT2D eigenvalue weighted by Gasteiger charge is 2.40. The van der Waals surface area contributed by atoms with Crippen molar-refractivity contribution in [2.45, 2.75) is 96.8 Å². The van der Waals surface area contributed by atoms with Crippen LogP contribution in [0.2, 0.25) is 18.1 Å². The van der Waals surface area contributed by atoms with E-state index >= 15 is 0 Å². The molecule has 0 radical (unpaired) electrons. The summed E-state index contributed by atoms with van der Waals surface area (Å²) < 4.78 is 28.5. The Morgan fingerprint density at radius 2 is 1.76 bits per heavy atom. The van der Waals surface area contributed by atoms with Crippen molar-refractivity contribution in [3.8, 4) is 5.75 Å². The number of aryl methyl sites for hydroxylation is 1. The molecule has 0 bridgehead atoms. The number of halogens is 1. The average molecular weight is 682 g/mol. The number of rotatable bonds is 10. The van der Waals surface area contributed by atoms with E-state index in [0.717, 1.165) is 27.8 Å². The van der Waals surface area contributed by atoms with E-state index in [0.29, 0.717) is 29.2 Å². The summed E-state index contributed by atoms with van der Waals surface area (Å²) in [5.41, 5.74) is 0.122. The summed E-state index contributed by atoms with van der Waals surface area (Å²) in [5, 5.41) is 0.535. The average Bonchev–Trinajstić information content (AvgIpc) is 3.23. The molecule has 1 aliphatic rings. The van der Waals surface area contributed by atoms with Gasteiger partial charge in [0, 0.05) is 18.8 Å². The lowest BCUT2D eigenvalue weighted by molar-refractivity contribution is -0.0754. The molecule has 0 unspecified atom stereocenters. The molecule has 42 heavy (non-hydrogen) atoms. The zero-order chi connectivity index (χ0) is 31.0. The van der Waals surface area contributed by atoms with Crippen LogP contribution in [0.5, 0.6) is 5.75 Å². The number of ether oxygens (including phenoxy) is 3. The van der Waals surface area contributed by atoms with Crippen LogP contribution in [0, 0.1) is 6.92 Å². The Hall–Kier alpha value is -1.76. The predicted octanol–water partition coefficient (Wildman–Crippen LogP) is 7.00. The lowest BCUT2D eigenvalue weighted by atomic mass is 10.1. The number of aromatic nitrogens is 2. The Morgan fingerprint density at radius 1 is 1.12 bits per heavy atom. The van der Waals surface area contributed by atoms with Gasteiger partial charge in [0.15, 0.2) is 8.32 Å². The van der Waals surface area contributed by atoms with Crippen molar-refractivity contribution in [3.63, 3.8) is 0 Å². The Kier molecular flexibility index (Phi) is 10.0. The highest BCUT2D eigenvalue weighted by molar-refractivity contribution is 9.11. The lowest BCUT2D eigenvalue weighted by Crippen LogP contribution is -2.53. The minimum Gasteiger partial charge on any atom is -0.496 e. The third kappa shape index (κ3) is 6.66. The monoisotopic (exact) mass is 680 g/mol. The molecule has 3 aromatic rings. The molecule has 0 N–H and O–H groups in total. The molecule has 11 heteroatoms. The van der Waals surface area contributed by atoms with Crippen LogP contribution in [0.1, 0.15) is 64.7 Å². The quantitative estimate of drug-likeness (QED) is 0.215. The van der Waals surface area contributed by atoms with E-state index in [1.807, 2.05) is 45.0 Å². The molecule has 232 valence electrons. The van der Waals surface area contributed by atoms with Gasteiger partial charge >= 0.3 is 5.69 Å². The Labute approximate surface area is 262 Å². The van der Waals surface area contributed by atoms with Gasteiger partial charge < -0.3 is 18.6 Å². The number of nitrogens with zero attached hydrogens (tertiary/aromatic N) is 2. The Balaban J connectivity index is 1.87. The Morgan fingerprint density at radius 3 is 2.38 bits per heavy atom. The van der Waals surface area contributed by atoms with Gasteiger partial charge in [-0.1, -0.05) is 39.0 Å². The molecule has 1 aromatic carbocycles. The van der Waals surface area contributed by atoms with Gasteiger partial charge in [-0.25, -0.2) is 4.79 Å². The van der Waals surface area contributed by atoms with Crippen LogP contribution in [-0.4, -0.2) is 50.5 Å². The minimum atomic E-state index is -2.14. The highest BCUT2D eigenvalue weighted by atomic mass is 79.9. The second-order valence-corrected chi connectivity index (χ2v) is 20.4. The fraction of sp³-hybridized carbons (Fsp3) is 0.613. The summed E-state index contributed by atoms with van der Waals surface area (Å²) in [6, 6.07) is 7.75. The lowest BCUT2D eigenvalue weighted by Gasteiger charge is -2.39. The maximum absolute atomic E-state index is 14.5. The third-order valence-corrected chi connectivity index (χ3v) is 15.4. The van der Waals surface area contributed by atoms with E-state index in [9.17, 15) is 9.59 Å². The predicted molar refractivity (Wildman–Crippen MR) is 176 cm³/mol. The summed E-state index contributed by atoms with van der Waals surface area (Å²) in [7, 11) is -0.498. The van der Waals surface area contributed by atoms with Crippen molar-refractivity contribution < 1.29 is 18.6 Å². The molecule has 1 fully saturated rings. The summed E-state index contributed by atoms with van der Waals surface area (Å²) in [4.78, 5) is 29.2. The molecule has 2 aromatic heterocycles. The molecule has 1 atom stereocenters. The van der Waals surface area contributed by atoms with E-state index in [-0.39, 0.29) is 35.5 Å². The van der Waals surface area contributed by atoms with Gasteiger partial charge in [-0.2, -0.15) is 0 Å². The summed E-state index contributed by atoms with van der Waals surface area (Å²) >= 11 is 5.04. The first-order valence-corrected chi connectivity index (χ1v) is 19.1. The normalized spacial score (nSPS) is 16.2. The third-order valence-electron chi connectivity index (χ3n) is 8.71. The number of fused-ring (bicyclic) bond motifs is 1. The van der Waals surface area contributed by atoms with Crippen LogP contribution in [0.15, 0.2) is 37.6 Å². The van der Waals surface area contributed by atoms with Crippen LogP contribution < -0.4 is 16.0 Å². The fourth-order valence-electron chi connectivity index (χ4n) is 5.01. The molecule has 4 rings (SSSR count). The second kappa shape index (κ2) is 12.7. The van der Waals surface area contributed by atoms with Crippen LogP contribution in [-0.2, 0) is 26.0 Å². The molecular weight excluding hydrogens is 636 g/mol. The SMILES string of the molecule is COc1ccccc1[C@H](Cn1c(=O)n(C(C)(C)CO[Si](C)(C)C(C)(C)C)c(=O)c2c(C)c(Br)sc21)OC1CCOCC1. The maximum Gasteiger partial charge on any atom is 0.332 e. The van der Waals surface area contributed by atoms with E-state index < -0.39 is 20.0 Å². The van der Waals surface area contributed by atoms with Gasteiger partial charge in [0.05, 0.1) is 41.1 Å². The molecule has 1 saturated heterocycles. The van der Waals surface area contributed by atoms with Crippen molar-refractivity contribution >= 4 is 45.8 Å². The largest absolute Gasteiger partial charge is 0.496 e. The first kappa shape index (κ1) is 33.1. The topological polar surface area (TPSA) is 80.9 Å². The van der Waals surface area contributed by atoms with Crippen LogP contribution in [0.25, 0.3) is 10.2 Å². The number of hydrogen-bond donors (Lipinski definition) is 0. The molecule has 1 aliphatic heterocycles. The molecule has 0 spiro atoms. The van der Waals surface area contributed by atoms with Crippen molar-refractivity contribution in [1.82, 2.24) is 9.13 Å². The van der Waals surface area contributed by atoms with E-state index in [1.54, 1.807) is 11.7 Å². The molecule has 0 aliphatic carbocycles. The van der Waals surface area contributed by atoms with Gasteiger partial charge in [-0.3, -0.25) is 13.9 Å². The van der Waals surface area contributed by atoms with Crippen molar-refractivity contribution in [2.24, 2.45) is 0 Å². The van der Waals surface area contributed by atoms with Crippen LogP contribution in [0.4, 0.5) is 0 Å². The zero-order valence-corrected chi connectivity index (χ0v) is 29.7. The van der Waals surface area contributed by atoms with Crippen molar-refractivity contribution in [3.05, 3.63) is 60.0 Å². The number of benzene rings is 1. The Bertz CT molecular complexity index is 1530. The molecule has 8 nitrogen and oxygen atoms in total. The van der Waals surface area contributed by atoms with E-state index in [2.05, 4.69) is 49.8 Å². The van der Waals surface area contributed by atoms with Crippen LogP contribution in [0.3, 0.4) is 0 Å². The molecule has 0 amide bonds. The second-order valence-electron chi connectivity index (χ2n) is 13.3. The highest BCUT2D eigenvalue weighted by Crippen LogP contribution is 2.38. The van der Waals surface area contributed by atoms with Gasteiger partial charge in [0.1, 0.15) is 16.7 Å².